The van der Waals surface area contributed by atoms with Crippen LogP contribution in [-0.2, 0) is 4.84 Å². The summed E-state index contributed by atoms with van der Waals surface area (Å²) in [6, 6.07) is 1.09. The number of aliphatic hydroxyl groups is 1. The summed E-state index contributed by atoms with van der Waals surface area (Å²) in [7, 11) is 0. The van der Waals surface area contributed by atoms with E-state index in [4.69, 9.17) is 4.84 Å². The molecule has 0 aromatic carbocycles. The van der Waals surface area contributed by atoms with E-state index in [0.29, 0.717) is 18.2 Å². The van der Waals surface area contributed by atoms with Gasteiger partial charge in [0.15, 0.2) is 0 Å². The zero-order chi connectivity index (χ0) is 13.7. The van der Waals surface area contributed by atoms with E-state index in [1.54, 1.807) is 0 Å². The summed E-state index contributed by atoms with van der Waals surface area (Å²) in [6.45, 7) is 4.42. The van der Waals surface area contributed by atoms with Crippen molar-refractivity contribution in [3.8, 4) is 0 Å². The van der Waals surface area contributed by atoms with Crippen molar-refractivity contribution in [3.63, 3.8) is 0 Å². The van der Waals surface area contributed by atoms with Crippen molar-refractivity contribution in [1.29, 1.82) is 0 Å². The summed E-state index contributed by atoms with van der Waals surface area (Å²) >= 11 is 0. The highest BCUT2D eigenvalue weighted by atomic mass is 16.7. The number of rotatable bonds is 8. The highest BCUT2D eigenvalue weighted by Gasteiger charge is 2.42. The molecular formula is C16H31NO2. The van der Waals surface area contributed by atoms with Gasteiger partial charge in [-0.15, -0.1) is 0 Å². The Balaban J connectivity index is 1.75. The quantitative estimate of drug-likeness (QED) is 0.730. The number of nitrogens with zero attached hydrogens (tertiary/aromatic N) is 1. The van der Waals surface area contributed by atoms with Crippen LogP contribution in [0.25, 0.3) is 0 Å². The molecule has 1 N–H and O–H groups in total. The lowest BCUT2D eigenvalue weighted by molar-refractivity contribution is -0.179. The smallest absolute Gasteiger partial charge is 0.0809 e. The van der Waals surface area contributed by atoms with E-state index in [0.717, 1.165) is 19.3 Å². The van der Waals surface area contributed by atoms with E-state index < -0.39 is 0 Å². The number of fused-ring (bicyclic) bond motifs is 1. The Kier molecular flexibility index (Phi) is 6.11. The minimum atomic E-state index is -0.137. The maximum Gasteiger partial charge on any atom is 0.0809 e. The fourth-order valence-corrected chi connectivity index (χ4v) is 3.55. The Morgan fingerprint density at radius 2 is 2.00 bits per heavy atom. The first-order valence-corrected chi connectivity index (χ1v) is 8.37. The largest absolute Gasteiger partial charge is 0.393 e. The number of hydrogen-bond donors (Lipinski definition) is 1. The van der Waals surface area contributed by atoms with Gasteiger partial charge in [0.25, 0.3) is 0 Å². The molecule has 2 aliphatic heterocycles. The molecule has 2 heterocycles. The molecule has 4 atom stereocenters. The van der Waals surface area contributed by atoms with Crippen molar-refractivity contribution in [2.45, 2.75) is 102 Å². The summed E-state index contributed by atoms with van der Waals surface area (Å²) in [5.74, 6) is 0. The van der Waals surface area contributed by atoms with Crippen LogP contribution in [0, 0.1) is 0 Å². The van der Waals surface area contributed by atoms with Crippen LogP contribution in [0.2, 0.25) is 0 Å². The molecule has 0 spiro atoms. The monoisotopic (exact) mass is 269 g/mol. The van der Waals surface area contributed by atoms with Crippen LogP contribution in [0.5, 0.6) is 0 Å². The van der Waals surface area contributed by atoms with Crippen LogP contribution < -0.4 is 0 Å². The highest BCUT2D eigenvalue weighted by molar-refractivity contribution is 4.90. The van der Waals surface area contributed by atoms with E-state index in [-0.39, 0.29) is 6.10 Å². The maximum absolute atomic E-state index is 10.1. The first-order chi connectivity index (χ1) is 9.24. The Morgan fingerprint density at radius 1 is 1.21 bits per heavy atom. The molecule has 0 amide bonds. The van der Waals surface area contributed by atoms with E-state index in [1.165, 1.54) is 44.9 Å². The predicted octanol–water partition coefficient (Wildman–Crippen LogP) is 3.65. The Hall–Kier alpha value is -0.120. The number of hydrogen-bond acceptors (Lipinski definition) is 3. The van der Waals surface area contributed by atoms with Crippen LogP contribution in [0.3, 0.4) is 0 Å². The van der Waals surface area contributed by atoms with Crippen molar-refractivity contribution in [2.24, 2.45) is 0 Å². The first-order valence-electron chi connectivity index (χ1n) is 8.37. The second-order valence-corrected chi connectivity index (χ2v) is 6.38. The standard InChI is InChI=1S/C16H31NO2/c1-3-5-7-15(18)11-13-9-10-14-12-16(8-6-4-2)19-17(13)14/h13-16,18H,3-12H2,1-2H3/t13-,14-,15-,16-/m1/s1. The Labute approximate surface area is 118 Å². The molecular weight excluding hydrogens is 238 g/mol. The molecule has 2 rings (SSSR count). The van der Waals surface area contributed by atoms with Gasteiger partial charge >= 0.3 is 0 Å². The van der Waals surface area contributed by atoms with Gasteiger partial charge in [-0.2, -0.15) is 5.06 Å². The predicted molar refractivity (Wildman–Crippen MR) is 77.8 cm³/mol. The summed E-state index contributed by atoms with van der Waals surface area (Å²) < 4.78 is 0. The van der Waals surface area contributed by atoms with Crippen LogP contribution >= 0.6 is 0 Å². The number of hydroxylamine groups is 2. The lowest BCUT2D eigenvalue weighted by Gasteiger charge is -2.25. The average molecular weight is 269 g/mol. The van der Waals surface area contributed by atoms with Gasteiger partial charge in [-0.25, -0.2) is 0 Å². The molecule has 0 radical (unpaired) electrons. The molecule has 3 nitrogen and oxygen atoms in total. The molecule has 2 fully saturated rings. The second-order valence-electron chi connectivity index (χ2n) is 6.38. The van der Waals surface area contributed by atoms with Gasteiger partial charge in [-0.05, 0) is 38.5 Å². The third-order valence-corrected chi connectivity index (χ3v) is 4.67. The van der Waals surface area contributed by atoms with Gasteiger partial charge in [0, 0.05) is 12.1 Å². The topological polar surface area (TPSA) is 32.7 Å². The Bertz CT molecular complexity index is 259. The van der Waals surface area contributed by atoms with Gasteiger partial charge < -0.3 is 5.11 Å². The van der Waals surface area contributed by atoms with Crippen LogP contribution in [0.1, 0.15) is 78.1 Å². The molecule has 2 saturated heterocycles. The SMILES string of the molecule is CCCC[C@@H](O)C[C@H]1CC[C@@H]2C[C@@H](CCCC)ON12. The van der Waals surface area contributed by atoms with Crippen LogP contribution in [0.4, 0.5) is 0 Å². The molecule has 0 aliphatic carbocycles. The maximum atomic E-state index is 10.1. The molecule has 0 bridgehead atoms. The summed E-state index contributed by atoms with van der Waals surface area (Å²) in [4.78, 5) is 6.13. The van der Waals surface area contributed by atoms with Gasteiger partial charge in [-0.3, -0.25) is 4.84 Å². The van der Waals surface area contributed by atoms with Gasteiger partial charge in [-0.1, -0.05) is 39.5 Å². The third kappa shape index (κ3) is 4.17. The van der Waals surface area contributed by atoms with Crippen LogP contribution in [-0.4, -0.2) is 34.5 Å². The summed E-state index contributed by atoms with van der Waals surface area (Å²) in [6.07, 6.45) is 11.9. The zero-order valence-electron chi connectivity index (χ0n) is 12.7. The van der Waals surface area contributed by atoms with Gasteiger partial charge in [0.2, 0.25) is 0 Å². The van der Waals surface area contributed by atoms with Crippen molar-refractivity contribution < 1.29 is 9.94 Å². The lowest BCUT2D eigenvalue weighted by atomic mass is 10.0. The summed E-state index contributed by atoms with van der Waals surface area (Å²) in [5.41, 5.74) is 0. The van der Waals surface area contributed by atoms with Crippen molar-refractivity contribution in [2.75, 3.05) is 0 Å². The van der Waals surface area contributed by atoms with Crippen molar-refractivity contribution in [3.05, 3.63) is 0 Å². The number of aliphatic hydroxyl groups excluding tert-OH is 1. The van der Waals surface area contributed by atoms with E-state index >= 15 is 0 Å². The average Bonchev–Trinajstić information content (AvgIpc) is 2.95. The summed E-state index contributed by atoms with van der Waals surface area (Å²) in [5, 5.41) is 12.3. The molecule has 0 saturated carbocycles. The Morgan fingerprint density at radius 3 is 2.74 bits per heavy atom. The first kappa shape index (κ1) is 15.3. The van der Waals surface area contributed by atoms with E-state index in [1.807, 2.05) is 0 Å². The van der Waals surface area contributed by atoms with Crippen molar-refractivity contribution >= 4 is 0 Å². The molecule has 3 heteroatoms. The highest BCUT2D eigenvalue weighted by Crippen LogP contribution is 2.37. The third-order valence-electron chi connectivity index (χ3n) is 4.67. The molecule has 19 heavy (non-hydrogen) atoms. The van der Waals surface area contributed by atoms with Crippen LogP contribution in [0.15, 0.2) is 0 Å². The minimum Gasteiger partial charge on any atom is -0.393 e. The fourth-order valence-electron chi connectivity index (χ4n) is 3.55. The fraction of sp³-hybridized carbons (Fsp3) is 1.00. The zero-order valence-corrected chi connectivity index (χ0v) is 12.7. The normalized spacial score (nSPS) is 32.7. The number of unbranched alkanes of at least 4 members (excludes halogenated alkanes) is 2. The minimum absolute atomic E-state index is 0.137. The van der Waals surface area contributed by atoms with E-state index in [9.17, 15) is 5.11 Å². The molecule has 0 aromatic rings. The molecule has 112 valence electrons. The second kappa shape index (κ2) is 7.61. The van der Waals surface area contributed by atoms with Gasteiger partial charge in [0.05, 0.1) is 12.2 Å². The molecule has 0 unspecified atom stereocenters. The van der Waals surface area contributed by atoms with Gasteiger partial charge in [0.1, 0.15) is 0 Å². The lowest BCUT2D eigenvalue weighted by Crippen LogP contribution is -2.33. The van der Waals surface area contributed by atoms with E-state index in [2.05, 4.69) is 18.9 Å². The molecule has 2 aliphatic rings. The molecule has 0 aromatic heterocycles. The van der Waals surface area contributed by atoms with Crippen molar-refractivity contribution in [1.82, 2.24) is 5.06 Å².